The number of nitrogens with one attached hydrogen (secondary N) is 1. The molecule has 0 aliphatic rings. The zero-order valence-electron chi connectivity index (χ0n) is 8.32. The Bertz CT molecular complexity index is 490. The van der Waals surface area contributed by atoms with Crippen LogP contribution in [-0.2, 0) is 6.54 Å². The van der Waals surface area contributed by atoms with E-state index >= 15 is 0 Å². The second-order valence-corrected chi connectivity index (χ2v) is 4.80. The summed E-state index contributed by atoms with van der Waals surface area (Å²) in [7, 11) is 0. The fourth-order valence-corrected chi connectivity index (χ4v) is 1.98. The molecular weight excluding hydrogens is 336 g/mol. The molecule has 1 aromatic heterocycles. The van der Waals surface area contributed by atoms with Crippen molar-refractivity contribution in [1.82, 2.24) is 9.97 Å². The SMILES string of the molecule is Clc1cccc(CNc2ncncc2I)c1. The first kappa shape index (κ1) is 11.6. The van der Waals surface area contributed by atoms with Gasteiger partial charge in [0, 0.05) is 17.8 Å². The molecule has 82 valence electrons. The maximum atomic E-state index is 5.90. The lowest BCUT2D eigenvalue weighted by molar-refractivity contribution is 1.07. The summed E-state index contributed by atoms with van der Waals surface area (Å²) >= 11 is 8.10. The molecule has 1 heterocycles. The van der Waals surface area contributed by atoms with Gasteiger partial charge >= 0.3 is 0 Å². The van der Waals surface area contributed by atoms with E-state index in [-0.39, 0.29) is 0 Å². The molecule has 0 bridgehead atoms. The summed E-state index contributed by atoms with van der Waals surface area (Å²) in [5, 5.41) is 3.99. The minimum absolute atomic E-state index is 0.702. The molecule has 0 atom stereocenters. The molecule has 0 radical (unpaired) electrons. The summed E-state index contributed by atoms with van der Waals surface area (Å²) in [6.45, 7) is 0.702. The van der Waals surface area contributed by atoms with E-state index in [9.17, 15) is 0 Å². The summed E-state index contributed by atoms with van der Waals surface area (Å²) in [4.78, 5) is 8.09. The van der Waals surface area contributed by atoms with Crippen molar-refractivity contribution in [2.75, 3.05) is 5.32 Å². The van der Waals surface area contributed by atoms with Crippen LogP contribution in [0.25, 0.3) is 0 Å². The minimum atomic E-state index is 0.702. The maximum Gasteiger partial charge on any atom is 0.143 e. The molecule has 0 unspecified atom stereocenters. The lowest BCUT2D eigenvalue weighted by Gasteiger charge is -2.06. The molecule has 5 heteroatoms. The van der Waals surface area contributed by atoms with Gasteiger partial charge in [0.2, 0.25) is 0 Å². The minimum Gasteiger partial charge on any atom is -0.365 e. The third-order valence-corrected chi connectivity index (χ3v) is 3.04. The first-order valence-electron chi connectivity index (χ1n) is 4.69. The topological polar surface area (TPSA) is 37.8 Å². The van der Waals surface area contributed by atoms with Gasteiger partial charge in [-0.15, -0.1) is 0 Å². The average Bonchev–Trinajstić information content (AvgIpc) is 2.28. The number of nitrogens with zero attached hydrogens (tertiary/aromatic N) is 2. The number of rotatable bonds is 3. The van der Waals surface area contributed by atoms with Gasteiger partial charge in [-0.05, 0) is 40.3 Å². The quantitative estimate of drug-likeness (QED) is 0.867. The molecule has 16 heavy (non-hydrogen) atoms. The first-order valence-corrected chi connectivity index (χ1v) is 6.15. The van der Waals surface area contributed by atoms with Crippen LogP contribution in [0.2, 0.25) is 5.02 Å². The van der Waals surface area contributed by atoms with Crippen molar-refractivity contribution >= 4 is 40.0 Å². The zero-order valence-corrected chi connectivity index (χ0v) is 11.2. The second kappa shape index (κ2) is 5.45. The number of benzene rings is 1. The lowest BCUT2D eigenvalue weighted by Crippen LogP contribution is -2.03. The van der Waals surface area contributed by atoms with Gasteiger partial charge in [-0.1, -0.05) is 23.7 Å². The smallest absolute Gasteiger partial charge is 0.143 e. The largest absolute Gasteiger partial charge is 0.365 e. The van der Waals surface area contributed by atoms with E-state index in [2.05, 4.69) is 37.9 Å². The molecule has 0 saturated carbocycles. The van der Waals surface area contributed by atoms with Crippen LogP contribution in [0.15, 0.2) is 36.8 Å². The van der Waals surface area contributed by atoms with Gasteiger partial charge in [-0.25, -0.2) is 9.97 Å². The van der Waals surface area contributed by atoms with Crippen LogP contribution in [0, 0.1) is 3.57 Å². The summed E-state index contributed by atoms with van der Waals surface area (Å²) in [5.74, 6) is 0.843. The van der Waals surface area contributed by atoms with Crippen LogP contribution >= 0.6 is 34.2 Å². The number of hydrogen-bond donors (Lipinski definition) is 1. The van der Waals surface area contributed by atoms with Crippen LogP contribution in [0.3, 0.4) is 0 Å². The molecule has 0 aliphatic heterocycles. The third-order valence-electron chi connectivity index (χ3n) is 2.02. The van der Waals surface area contributed by atoms with Crippen molar-refractivity contribution in [3.63, 3.8) is 0 Å². The monoisotopic (exact) mass is 345 g/mol. The Morgan fingerprint density at radius 2 is 2.25 bits per heavy atom. The molecule has 0 fully saturated rings. The van der Waals surface area contributed by atoms with Gasteiger partial charge in [0.1, 0.15) is 12.1 Å². The summed E-state index contributed by atoms with van der Waals surface area (Å²) < 4.78 is 1.00. The van der Waals surface area contributed by atoms with Crippen molar-refractivity contribution in [3.8, 4) is 0 Å². The normalized spacial score (nSPS) is 10.1. The molecule has 3 nitrogen and oxygen atoms in total. The zero-order chi connectivity index (χ0) is 11.4. The van der Waals surface area contributed by atoms with Gasteiger partial charge in [0.25, 0.3) is 0 Å². The van der Waals surface area contributed by atoms with E-state index in [1.807, 2.05) is 24.3 Å². The Balaban J connectivity index is 2.05. The van der Waals surface area contributed by atoms with E-state index in [1.165, 1.54) is 6.33 Å². The van der Waals surface area contributed by atoms with Crippen molar-refractivity contribution in [1.29, 1.82) is 0 Å². The molecule has 2 rings (SSSR count). The average molecular weight is 346 g/mol. The molecular formula is C11H9ClIN3. The third kappa shape index (κ3) is 3.05. The predicted octanol–water partition coefficient (Wildman–Crippen LogP) is 3.35. The van der Waals surface area contributed by atoms with Crippen molar-refractivity contribution in [2.45, 2.75) is 6.54 Å². The van der Waals surface area contributed by atoms with Crippen molar-refractivity contribution in [3.05, 3.63) is 50.9 Å². The van der Waals surface area contributed by atoms with E-state index in [1.54, 1.807) is 6.20 Å². The predicted molar refractivity (Wildman–Crippen MR) is 73.5 cm³/mol. The van der Waals surface area contributed by atoms with E-state index in [0.29, 0.717) is 6.54 Å². The molecule has 0 saturated heterocycles. The van der Waals surface area contributed by atoms with E-state index in [0.717, 1.165) is 20.0 Å². The number of aromatic nitrogens is 2. The Hall–Kier alpha value is -0.880. The van der Waals surface area contributed by atoms with Gasteiger partial charge in [0.05, 0.1) is 3.57 Å². The van der Waals surface area contributed by atoms with Gasteiger partial charge in [-0.2, -0.15) is 0 Å². The Labute approximate surface area is 112 Å². The molecule has 0 spiro atoms. The van der Waals surface area contributed by atoms with Gasteiger partial charge < -0.3 is 5.32 Å². The van der Waals surface area contributed by atoms with Crippen molar-refractivity contribution < 1.29 is 0 Å². The standard InChI is InChI=1S/C11H9ClIN3/c12-9-3-1-2-8(4-9)5-15-11-10(13)6-14-7-16-11/h1-4,6-7H,5H2,(H,14,15,16). The van der Waals surface area contributed by atoms with Gasteiger partial charge in [0.15, 0.2) is 0 Å². The lowest BCUT2D eigenvalue weighted by atomic mass is 10.2. The van der Waals surface area contributed by atoms with E-state index < -0.39 is 0 Å². The Morgan fingerprint density at radius 3 is 3.00 bits per heavy atom. The Kier molecular flexibility index (Phi) is 3.95. The fraction of sp³-hybridized carbons (Fsp3) is 0.0909. The Morgan fingerprint density at radius 1 is 1.38 bits per heavy atom. The van der Waals surface area contributed by atoms with Crippen LogP contribution < -0.4 is 5.32 Å². The van der Waals surface area contributed by atoms with Crippen LogP contribution in [0.4, 0.5) is 5.82 Å². The maximum absolute atomic E-state index is 5.90. The van der Waals surface area contributed by atoms with E-state index in [4.69, 9.17) is 11.6 Å². The first-order chi connectivity index (χ1) is 7.75. The summed E-state index contributed by atoms with van der Waals surface area (Å²) in [6.07, 6.45) is 3.30. The number of hydrogen-bond acceptors (Lipinski definition) is 3. The molecule has 0 aliphatic carbocycles. The van der Waals surface area contributed by atoms with Crippen molar-refractivity contribution in [2.24, 2.45) is 0 Å². The molecule has 1 N–H and O–H groups in total. The number of halogens is 2. The summed E-state index contributed by atoms with van der Waals surface area (Å²) in [5.41, 5.74) is 1.13. The van der Waals surface area contributed by atoms with Crippen LogP contribution in [-0.4, -0.2) is 9.97 Å². The number of anilines is 1. The van der Waals surface area contributed by atoms with Gasteiger partial charge in [-0.3, -0.25) is 0 Å². The highest BCUT2D eigenvalue weighted by atomic mass is 127. The molecule has 1 aromatic carbocycles. The highest BCUT2D eigenvalue weighted by Crippen LogP contribution is 2.15. The van der Waals surface area contributed by atoms with Crippen LogP contribution in [0.1, 0.15) is 5.56 Å². The highest BCUT2D eigenvalue weighted by Gasteiger charge is 2.00. The highest BCUT2D eigenvalue weighted by molar-refractivity contribution is 14.1. The molecule has 0 amide bonds. The molecule has 2 aromatic rings. The summed E-state index contributed by atoms with van der Waals surface area (Å²) in [6, 6.07) is 7.75. The van der Waals surface area contributed by atoms with Crippen LogP contribution in [0.5, 0.6) is 0 Å². The second-order valence-electron chi connectivity index (χ2n) is 3.20. The fourth-order valence-electron chi connectivity index (χ4n) is 1.28.